The van der Waals surface area contributed by atoms with Gasteiger partial charge in [0.25, 0.3) is 0 Å². The van der Waals surface area contributed by atoms with Gasteiger partial charge in [0.1, 0.15) is 0 Å². The van der Waals surface area contributed by atoms with Gasteiger partial charge in [-0.15, -0.1) is 0 Å². The molecule has 5 nitrogen and oxygen atoms in total. The Hall–Kier alpha value is -1.88. The molecule has 0 spiro atoms. The normalized spacial score (nSPS) is 13.7. The van der Waals surface area contributed by atoms with Crippen LogP contribution >= 0.6 is 0 Å². The van der Waals surface area contributed by atoms with E-state index in [-0.39, 0.29) is 11.8 Å². The van der Waals surface area contributed by atoms with E-state index in [4.69, 9.17) is 11.5 Å². The highest BCUT2D eigenvalue weighted by Crippen LogP contribution is 2.17. The first kappa shape index (κ1) is 15.2. The minimum atomic E-state index is -0.549. The molecular weight excluding hydrogens is 242 g/mol. The number of amides is 2. The fourth-order valence-electron chi connectivity index (χ4n) is 1.72. The van der Waals surface area contributed by atoms with E-state index in [1.165, 1.54) is 4.90 Å². The quantitative estimate of drug-likeness (QED) is 0.834. The van der Waals surface area contributed by atoms with Gasteiger partial charge in [0.05, 0.1) is 6.04 Å². The fraction of sp³-hybridized carbons (Fsp3) is 0.429. The van der Waals surface area contributed by atoms with Crippen LogP contribution in [0, 0.1) is 5.92 Å². The first-order valence-electron chi connectivity index (χ1n) is 6.31. The first-order chi connectivity index (χ1) is 8.88. The molecule has 104 valence electrons. The SMILES string of the molecule is CC[C@H](C)[C@H](N)C(=O)N(C)c1cccc(C(N)=O)c1. The van der Waals surface area contributed by atoms with Gasteiger partial charge < -0.3 is 16.4 Å². The molecule has 0 radical (unpaired) electrons. The Bertz CT molecular complexity index is 474. The maximum absolute atomic E-state index is 12.2. The van der Waals surface area contributed by atoms with Crippen molar-refractivity contribution in [1.82, 2.24) is 0 Å². The summed E-state index contributed by atoms with van der Waals surface area (Å²) in [4.78, 5) is 24.8. The van der Waals surface area contributed by atoms with Crippen LogP contribution in [0.3, 0.4) is 0 Å². The number of nitrogens with two attached hydrogens (primary N) is 2. The molecule has 0 bridgehead atoms. The molecule has 0 aliphatic heterocycles. The van der Waals surface area contributed by atoms with Crippen LogP contribution in [-0.2, 0) is 4.79 Å². The highest BCUT2D eigenvalue weighted by molar-refractivity contribution is 5.99. The monoisotopic (exact) mass is 263 g/mol. The number of carbonyl (C=O) groups is 2. The van der Waals surface area contributed by atoms with E-state index in [1.807, 2.05) is 13.8 Å². The average molecular weight is 263 g/mol. The summed E-state index contributed by atoms with van der Waals surface area (Å²) >= 11 is 0. The van der Waals surface area contributed by atoms with Gasteiger partial charge in [0, 0.05) is 18.3 Å². The lowest BCUT2D eigenvalue weighted by atomic mass is 9.99. The molecule has 0 fully saturated rings. The highest BCUT2D eigenvalue weighted by Gasteiger charge is 2.23. The summed E-state index contributed by atoms with van der Waals surface area (Å²) in [5.41, 5.74) is 12.1. The third-order valence-corrected chi connectivity index (χ3v) is 3.39. The van der Waals surface area contributed by atoms with Crippen molar-refractivity contribution < 1.29 is 9.59 Å². The van der Waals surface area contributed by atoms with Gasteiger partial charge in [0.2, 0.25) is 11.8 Å². The summed E-state index contributed by atoms with van der Waals surface area (Å²) in [5, 5.41) is 0. The lowest BCUT2D eigenvalue weighted by Gasteiger charge is -2.24. The second kappa shape index (κ2) is 6.33. The predicted molar refractivity (Wildman–Crippen MR) is 75.8 cm³/mol. The maximum atomic E-state index is 12.2. The van der Waals surface area contributed by atoms with E-state index in [0.29, 0.717) is 11.3 Å². The zero-order valence-corrected chi connectivity index (χ0v) is 11.6. The summed E-state index contributed by atoms with van der Waals surface area (Å²) in [6.45, 7) is 3.93. The van der Waals surface area contributed by atoms with Gasteiger partial charge >= 0.3 is 0 Å². The van der Waals surface area contributed by atoms with Gasteiger partial charge in [-0.3, -0.25) is 9.59 Å². The second-order valence-electron chi connectivity index (χ2n) is 4.72. The zero-order valence-electron chi connectivity index (χ0n) is 11.6. The Balaban J connectivity index is 2.93. The Labute approximate surface area is 113 Å². The second-order valence-corrected chi connectivity index (χ2v) is 4.72. The van der Waals surface area contributed by atoms with Gasteiger partial charge in [-0.2, -0.15) is 0 Å². The minimum Gasteiger partial charge on any atom is -0.366 e. The maximum Gasteiger partial charge on any atom is 0.248 e. The molecule has 1 rings (SSSR count). The summed E-state index contributed by atoms with van der Waals surface area (Å²) in [6, 6.07) is 6.08. The van der Waals surface area contributed by atoms with Crippen LogP contribution in [-0.4, -0.2) is 24.9 Å². The molecule has 0 saturated heterocycles. The molecule has 4 N–H and O–H groups in total. The van der Waals surface area contributed by atoms with Crippen molar-refractivity contribution in [2.24, 2.45) is 17.4 Å². The van der Waals surface area contributed by atoms with Crippen LogP contribution in [0.5, 0.6) is 0 Å². The fourth-order valence-corrected chi connectivity index (χ4v) is 1.72. The molecule has 5 heteroatoms. The number of benzene rings is 1. The van der Waals surface area contributed by atoms with Crippen molar-refractivity contribution in [2.45, 2.75) is 26.3 Å². The average Bonchev–Trinajstić information content (AvgIpc) is 2.44. The number of anilines is 1. The molecular formula is C14H21N3O2. The first-order valence-corrected chi connectivity index (χ1v) is 6.31. The van der Waals surface area contributed by atoms with Crippen molar-refractivity contribution in [3.8, 4) is 0 Å². The molecule has 1 aromatic rings. The van der Waals surface area contributed by atoms with Crippen LogP contribution in [0.2, 0.25) is 0 Å². The smallest absolute Gasteiger partial charge is 0.248 e. The van der Waals surface area contributed by atoms with Crippen molar-refractivity contribution in [3.05, 3.63) is 29.8 Å². The van der Waals surface area contributed by atoms with Crippen LogP contribution in [0.25, 0.3) is 0 Å². The topological polar surface area (TPSA) is 89.4 Å². The molecule has 0 aliphatic carbocycles. The molecule has 0 unspecified atom stereocenters. The Kier molecular flexibility index (Phi) is 5.06. The third-order valence-electron chi connectivity index (χ3n) is 3.39. The lowest BCUT2D eigenvalue weighted by molar-refractivity contribution is -0.120. The number of carbonyl (C=O) groups excluding carboxylic acids is 2. The van der Waals surface area contributed by atoms with E-state index in [2.05, 4.69) is 0 Å². The van der Waals surface area contributed by atoms with Crippen molar-refractivity contribution >= 4 is 17.5 Å². The van der Waals surface area contributed by atoms with Crippen molar-refractivity contribution in [3.63, 3.8) is 0 Å². The third kappa shape index (κ3) is 3.54. The van der Waals surface area contributed by atoms with E-state index >= 15 is 0 Å². The largest absolute Gasteiger partial charge is 0.366 e. The standard InChI is InChI=1S/C14H21N3O2/c1-4-9(2)12(15)14(19)17(3)11-7-5-6-10(8-11)13(16)18/h5-9,12H,4,15H2,1-3H3,(H2,16,18)/t9-,12-/m0/s1. The van der Waals surface area contributed by atoms with Gasteiger partial charge in [-0.25, -0.2) is 0 Å². The molecule has 0 aliphatic rings. The number of nitrogens with zero attached hydrogens (tertiary/aromatic N) is 1. The zero-order chi connectivity index (χ0) is 14.6. The molecule has 1 aromatic carbocycles. The lowest BCUT2D eigenvalue weighted by Crippen LogP contribution is -2.45. The molecule has 0 saturated carbocycles. The van der Waals surface area contributed by atoms with Gasteiger partial charge in [-0.1, -0.05) is 26.3 Å². The summed E-state index contributed by atoms with van der Waals surface area (Å²) in [6.07, 6.45) is 0.835. The van der Waals surface area contributed by atoms with Gasteiger partial charge in [0.15, 0.2) is 0 Å². The number of likely N-dealkylation sites (N-methyl/N-ethyl adjacent to an activating group) is 1. The van der Waals surface area contributed by atoms with Crippen LogP contribution in [0.1, 0.15) is 30.6 Å². The molecule has 2 atom stereocenters. The van der Waals surface area contributed by atoms with E-state index in [9.17, 15) is 9.59 Å². The minimum absolute atomic E-state index is 0.106. The van der Waals surface area contributed by atoms with E-state index < -0.39 is 11.9 Å². The Morgan fingerprint density at radius 2 is 2.00 bits per heavy atom. The Morgan fingerprint density at radius 3 is 2.53 bits per heavy atom. The van der Waals surface area contributed by atoms with Crippen LogP contribution in [0.4, 0.5) is 5.69 Å². The number of hydrogen-bond acceptors (Lipinski definition) is 3. The predicted octanol–water partition coefficient (Wildman–Crippen LogP) is 1.12. The van der Waals surface area contributed by atoms with E-state index in [1.54, 1.807) is 31.3 Å². The summed E-state index contributed by atoms with van der Waals surface area (Å²) < 4.78 is 0. The van der Waals surface area contributed by atoms with E-state index in [0.717, 1.165) is 6.42 Å². The molecule has 0 aromatic heterocycles. The number of rotatable bonds is 5. The molecule has 19 heavy (non-hydrogen) atoms. The van der Waals surface area contributed by atoms with Crippen LogP contribution < -0.4 is 16.4 Å². The summed E-state index contributed by atoms with van der Waals surface area (Å²) in [7, 11) is 1.64. The summed E-state index contributed by atoms with van der Waals surface area (Å²) in [5.74, 6) is -0.584. The number of hydrogen-bond donors (Lipinski definition) is 2. The highest BCUT2D eigenvalue weighted by atomic mass is 16.2. The van der Waals surface area contributed by atoms with Gasteiger partial charge in [-0.05, 0) is 24.1 Å². The molecule has 2 amide bonds. The number of primary amides is 1. The Morgan fingerprint density at radius 1 is 1.37 bits per heavy atom. The molecule has 0 heterocycles. The van der Waals surface area contributed by atoms with Crippen molar-refractivity contribution in [2.75, 3.05) is 11.9 Å². The van der Waals surface area contributed by atoms with Crippen LogP contribution in [0.15, 0.2) is 24.3 Å². The van der Waals surface area contributed by atoms with Crippen molar-refractivity contribution in [1.29, 1.82) is 0 Å².